The summed E-state index contributed by atoms with van der Waals surface area (Å²) in [4.78, 5) is 11.3. The van der Waals surface area contributed by atoms with Gasteiger partial charge in [-0.05, 0) is 6.92 Å². The lowest BCUT2D eigenvalue weighted by Gasteiger charge is -2.29. The lowest BCUT2D eigenvalue weighted by molar-refractivity contribution is 0.241. The quantitative estimate of drug-likeness (QED) is 0.920. The monoisotopic (exact) mass is 285 g/mol. The largest absolute Gasteiger partial charge is 0.294 e. The Morgan fingerprint density at radius 3 is 2.86 bits per heavy atom. The fraction of sp³-hybridized carbons (Fsp3) is 0.562. The molecule has 0 unspecified atom stereocenters. The number of hydrogen-bond donors (Lipinski definition) is 1. The van der Waals surface area contributed by atoms with Gasteiger partial charge in [0.25, 0.3) is 0 Å². The number of H-pyrrole nitrogens is 1. The summed E-state index contributed by atoms with van der Waals surface area (Å²) in [7, 11) is 0. The second-order valence-corrected chi connectivity index (χ2v) is 6.87. The van der Waals surface area contributed by atoms with Crippen LogP contribution in [0.5, 0.6) is 0 Å². The molecule has 0 saturated carbocycles. The Hall–Kier alpha value is -1.75. The van der Waals surface area contributed by atoms with Crippen LogP contribution in [-0.2, 0) is 24.9 Å². The van der Waals surface area contributed by atoms with Gasteiger partial charge in [-0.25, -0.2) is 9.97 Å². The van der Waals surface area contributed by atoms with Crippen LogP contribution in [0.15, 0.2) is 12.4 Å². The highest BCUT2D eigenvalue weighted by Gasteiger charge is 2.23. The van der Waals surface area contributed by atoms with Crippen molar-refractivity contribution < 1.29 is 0 Å². The highest BCUT2D eigenvalue weighted by atomic mass is 15.2. The Labute approximate surface area is 125 Å². The standard InChI is InChI=1S/C16H23N5/c1-11-17-7-12-9-21(6-5-14(12)19-11)10-13-8-18-20-15(13)16(2,3)4/h7-8H,5-6,9-10H2,1-4H3,(H,18,20). The number of aryl methyl sites for hydroxylation is 1. The van der Waals surface area contributed by atoms with Gasteiger partial charge in [-0.1, -0.05) is 20.8 Å². The molecule has 3 rings (SSSR count). The summed E-state index contributed by atoms with van der Waals surface area (Å²) in [5.41, 5.74) is 5.09. The molecule has 0 radical (unpaired) electrons. The third kappa shape index (κ3) is 2.97. The van der Waals surface area contributed by atoms with Crippen LogP contribution in [0.3, 0.4) is 0 Å². The molecular formula is C16H23N5. The van der Waals surface area contributed by atoms with Gasteiger partial charge in [0, 0.05) is 60.2 Å². The van der Waals surface area contributed by atoms with Gasteiger partial charge in [-0.15, -0.1) is 0 Å². The molecule has 112 valence electrons. The molecular weight excluding hydrogens is 262 g/mol. The predicted octanol–water partition coefficient (Wildman–Crippen LogP) is 2.36. The highest BCUT2D eigenvalue weighted by Crippen LogP contribution is 2.26. The SMILES string of the molecule is Cc1ncc2c(n1)CCN(Cc1cn[nH]c1C(C)(C)C)C2. The maximum absolute atomic E-state index is 4.55. The lowest BCUT2D eigenvalue weighted by Crippen LogP contribution is -2.31. The Kier molecular flexibility index (Phi) is 3.53. The summed E-state index contributed by atoms with van der Waals surface area (Å²) in [5, 5.41) is 7.39. The van der Waals surface area contributed by atoms with Gasteiger partial charge in [0.15, 0.2) is 0 Å². The zero-order chi connectivity index (χ0) is 15.0. The molecule has 0 fully saturated rings. The van der Waals surface area contributed by atoms with Crippen LogP contribution in [0.25, 0.3) is 0 Å². The maximum atomic E-state index is 4.55. The summed E-state index contributed by atoms with van der Waals surface area (Å²) in [5.74, 6) is 0.868. The zero-order valence-electron chi connectivity index (χ0n) is 13.3. The predicted molar refractivity (Wildman–Crippen MR) is 81.9 cm³/mol. The number of fused-ring (bicyclic) bond motifs is 1. The van der Waals surface area contributed by atoms with Gasteiger partial charge < -0.3 is 0 Å². The molecule has 3 heterocycles. The van der Waals surface area contributed by atoms with Crippen LogP contribution >= 0.6 is 0 Å². The van der Waals surface area contributed by atoms with Crippen molar-refractivity contribution in [1.29, 1.82) is 0 Å². The van der Waals surface area contributed by atoms with Crippen LogP contribution in [-0.4, -0.2) is 31.6 Å². The van der Waals surface area contributed by atoms with E-state index >= 15 is 0 Å². The topological polar surface area (TPSA) is 57.7 Å². The minimum absolute atomic E-state index is 0.0970. The van der Waals surface area contributed by atoms with Crippen molar-refractivity contribution in [2.24, 2.45) is 0 Å². The normalized spacial score (nSPS) is 16.0. The van der Waals surface area contributed by atoms with Gasteiger partial charge >= 0.3 is 0 Å². The number of aromatic amines is 1. The van der Waals surface area contributed by atoms with Crippen LogP contribution < -0.4 is 0 Å². The molecule has 0 aromatic carbocycles. The third-order valence-corrected chi connectivity index (χ3v) is 4.00. The van der Waals surface area contributed by atoms with E-state index < -0.39 is 0 Å². The fourth-order valence-corrected chi connectivity index (χ4v) is 2.93. The second kappa shape index (κ2) is 5.22. The van der Waals surface area contributed by atoms with Crippen molar-refractivity contribution in [1.82, 2.24) is 25.1 Å². The number of nitrogens with one attached hydrogen (secondary N) is 1. The zero-order valence-corrected chi connectivity index (χ0v) is 13.3. The molecule has 0 amide bonds. The third-order valence-electron chi connectivity index (χ3n) is 4.00. The average molecular weight is 285 g/mol. The van der Waals surface area contributed by atoms with Crippen molar-refractivity contribution in [3.05, 3.63) is 40.7 Å². The van der Waals surface area contributed by atoms with Crippen molar-refractivity contribution >= 4 is 0 Å². The minimum atomic E-state index is 0.0970. The number of nitrogens with zero attached hydrogens (tertiary/aromatic N) is 4. The summed E-state index contributed by atoms with van der Waals surface area (Å²) in [6.45, 7) is 11.5. The first-order chi connectivity index (χ1) is 9.93. The Balaban J connectivity index is 1.76. The lowest BCUT2D eigenvalue weighted by atomic mass is 9.89. The van der Waals surface area contributed by atoms with Crippen molar-refractivity contribution in [3.8, 4) is 0 Å². The van der Waals surface area contributed by atoms with Gasteiger partial charge in [-0.3, -0.25) is 10.00 Å². The average Bonchev–Trinajstić information content (AvgIpc) is 2.87. The molecule has 2 aromatic heterocycles. The van der Waals surface area contributed by atoms with E-state index in [4.69, 9.17) is 0 Å². The maximum Gasteiger partial charge on any atom is 0.125 e. The Morgan fingerprint density at radius 2 is 2.10 bits per heavy atom. The van der Waals surface area contributed by atoms with E-state index in [0.717, 1.165) is 31.9 Å². The summed E-state index contributed by atoms with van der Waals surface area (Å²) < 4.78 is 0. The van der Waals surface area contributed by atoms with E-state index in [1.807, 2.05) is 19.3 Å². The molecule has 1 N–H and O–H groups in total. The number of aromatic nitrogens is 4. The number of rotatable bonds is 2. The Bertz CT molecular complexity index is 638. The molecule has 0 spiro atoms. The molecule has 1 aliphatic rings. The molecule has 5 heteroatoms. The van der Waals surface area contributed by atoms with E-state index in [0.29, 0.717) is 0 Å². The van der Waals surface area contributed by atoms with Gasteiger partial charge in [0.1, 0.15) is 5.82 Å². The summed E-state index contributed by atoms with van der Waals surface area (Å²) in [6.07, 6.45) is 4.94. The van der Waals surface area contributed by atoms with E-state index in [1.54, 1.807) is 0 Å². The summed E-state index contributed by atoms with van der Waals surface area (Å²) in [6, 6.07) is 0. The van der Waals surface area contributed by atoms with E-state index in [9.17, 15) is 0 Å². The van der Waals surface area contributed by atoms with Crippen LogP contribution in [0.2, 0.25) is 0 Å². The van der Waals surface area contributed by atoms with E-state index in [1.165, 1.54) is 22.5 Å². The number of hydrogen-bond acceptors (Lipinski definition) is 4. The first-order valence-electron chi connectivity index (χ1n) is 7.50. The molecule has 0 atom stereocenters. The second-order valence-electron chi connectivity index (χ2n) is 6.87. The molecule has 0 saturated heterocycles. The highest BCUT2D eigenvalue weighted by molar-refractivity contribution is 5.25. The van der Waals surface area contributed by atoms with Crippen molar-refractivity contribution in [2.45, 2.75) is 52.6 Å². The molecule has 5 nitrogen and oxygen atoms in total. The van der Waals surface area contributed by atoms with Gasteiger partial charge in [0.05, 0.1) is 6.20 Å². The Morgan fingerprint density at radius 1 is 1.29 bits per heavy atom. The van der Waals surface area contributed by atoms with Crippen LogP contribution in [0, 0.1) is 6.92 Å². The molecule has 1 aliphatic heterocycles. The fourth-order valence-electron chi connectivity index (χ4n) is 2.93. The summed E-state index contributed by atoms with van der Waals surface area (Å²) >= 11 is 0. The molecule has 2 aromatic rings. The van der Waals surface area contributed by atoms with Gasteiger partial charge in [0.2, 0.25) is 0 Å². The van der Waals surface area contributed by atoms with E-state index in [-0.39, 0.29) is 5.41 Å². The minimum Gasteiger partial charge on any atom is -0.294 e. The molecule has 21 heavy (non-hydrogen) atoms. The first kappa shape index (κ1) is 14.2. The van der Waals surface area contributed by atoms with Crippen molar-refractivity contribution in [2.75, 3.05) is 6.54 Å². The smallest absolute Gasteiger partial charge is 0.125 e. The van der Waals surface area contributed by atoms with Gasteiger partial charge in [-0.2, -0.15) is 5.10 Å². The molecule has 0 bridgehead atoms. The van der Waals surface area contributed by atoms with Crippen molar-refractivity contribution in [3.63, 3.8) is 0 Å². The van der Waals surface area contributed by atoms with Crippen LogP contribution in [0.4, 0.5) is 0 Å². The van der Waals surface area contributed by atoms with Crippen LogP contribution in [0.1, 0.15) is 49.1 Å². The first-order valence-corrected chi connectivity index (χ1v) is 7.50. The molecule has 0 aliphatic carbocycles. The van der Waals surface area contributed by atoms with E-state index in [2.05, 4.69) is 45.8 Å².